The Morgan fingerprint density at radius 2 is 1.67 bits per heavy atom. The van der Waals surface area contributed by atoms with Crippen LogP contribution in [0.15, 0.2) is 71.9 Å². The van der Waals surface area contributed by atoms with Gasteiger partial charge in [0.1, 0.15) is 18.2 Å². The van der Waals surface area contributed by atoms with Crippen LogP contribution in [0.2, 0.25) is 0 Å². The monoisotopic (exact) mass is 645 g/mol. The van der Waals surface area contributed by atoms with Crippen molar-refractivity contribution in [2.75, 3.05) is 20.3 Å². The Hall–Kier alpha value is -4.86. The summed E-state index contributed by atoms with van der Waals surface area (Å²) in [5, 5.41) is 0. The van der Waals surface area contributed by atoms with E-state index < -0.39 is 5.92 Å². The van der Waals surface area contributed by atoms with E-state index in [4.69, 9.17) is 24.4 Å². The fourth-order valence-electron chi connectivity index (χ4n) is 6.65. The summed E-state index contributed by atoms with van der Waals surface area (Å²) in [6, 6.07) is 9.72. The number of Topliss-reactive ketones (excluding diaryl/α,β-unsaturated/α-hetero) is 1. The molecule has 248 valence electrons. The van der Waals surface area contributed by atoms with Crippen molar-refractivity contribution in [1.29, 1.82) is 0 Å². The summed E-state index contributed by atoms with van der Waals surface area (Å²) in [6.07, 6.45) is 15.2. The fraction of sp³-hybridized carbons (Fsp3) is 0.421. The van der Waals surface area contributed by atoms with Crippen molar-refractivity contribution < 1.29 is 14.3 Å². The van der Waals surface area contributed by atoms with Crippen LogP contribution < -0.4 is 9.47 Å². The first-order valence-electron chi connectivity index (χ1n) is 16.6. The van der Waals surface area contributed by atoms with Gasteiger partial charge in [-0.1, -0.05) is 39.0 Å². The standard InChI is InChI=1S/C38H43N7O3/c1-24-16-39-19-29(24)36-30(38(2,3)4)20-42-34(45-36)15-25-11-13-26(14-12-25)35(33(46)23-48-28-9-7-6-8-10-28)32-22-40-31(21-41-32)27-17-43-37(47-5)44-18-27/h6-10,16-18,20-22,25-26,35H,11-15,19,23H2,1-5H3. The van der Waals surface area contributed by atoms with E-state index in [0.29, 0.717) is 29.6 Å². The lowest BCUT2D eigenvalue weighted by atomic mass is 9.72. The average molecular weight is 646 g/mol. The van der Waals surface area contributed by atoms with Gasteiger partial charge < -0.3 is 9.47 Å². The van der Waals surface area contributed by atoms with Crippen LogP contribution in [0.1, 0.15) is 82.1 Å². The van der Waals surface area contributed by atoms with E-state index in [9.17, 15) is 4.79 Å². The zero-order valence-electron chi connectivity index (χ0n) is 28.4. The van der Waals surface area contributed by atoms with Gasteiger partial charge in [-0.25, -0.2) is 19.9 Å². The van der Waals surface area contributed by atoms with Crippen molar-refractivity contribution in [2.24, 2.45) is 16.8 Å². The summed E-state index contributed by atoms with van der Waals surface area (Å²) < 4.78 is 11.0. The fourth-order valence-corrected chi connectivity index (χ4v) is 6.65. The van der Waals surface area contributed by atoms with Crippen LogP contribution in [-0.4, -0.2) is 62.2 Å². The zero-order chi connectivity index (χ0) is 33.7. The lowest BCUT2D eigenvalue weighted by molar-refractivity contribution is -0.124. The molecule has 4 aromatic rings. The van der Waals surface area contributed by atoms with E-state index in [-0.39, 0.29) is 29.7 Å². The Labute approximate surface area is 282 Å². The predicted octanol–water partition coefficient (Wildman–Crippen LogP) is 6.67. The number of hydrogen-bond acceptors (Lipinski definition) is 10. The van der Waals surface area contributed by atoms with Crippen molar-refractivity contribution in [2.45, 2.75) is 71.1 Å². The number of benzene rings is 1. The molecule has 0 N–H and O–H groups in total. The summed E-state index contributed by atoms with van der Waals surface area (Å²) in [7, 11) is 1.52. The first-order chi connectivity index (χ1) is 23.2. The maximum absolute atomic E-state index is 13.9. The summed E-state index contributed by atoms with van der Waals surface area (Å²) in [4.78, 5) is 46.1. The van der Waals surface area contributed by atoms with E-state index in [2.05, 4.69) is 47.6 Å². The molecule has 1 fully saturated rings. The molecular weight excluding hydrogens is 602 g/mol. The molecule has 6 rings (SSSR count). The summed E-state index contributed by atoms with van der Waals surface area (Å²) in [6.45, 7) is 9.36. The van der Waals surface area contributed by atoms with Crippen molar-refractivity contribution in [3.05, 3.63) is 89.7 Å². The van der Waals surface area contributed by atoms with Gasteiger partial charge in [0.05, 0.1) is 42.9 Å². The minimum Gasteiger partial charge on any atom is -0.486 e. The third-order valence-corrected chi connectivity index (χ3v) is 9.35. The number of carbonyl (C=O) groups is 1. The third-order valence-electron chi connectivity index (χ3n) is 9.35. The van der Waals surface area contributed by atoms with Gasteiger partial charge in [0.15, 0.2) is 5.78 Å². The van der Waals surface area contributed by atoms with Crippen LogP contribution in [0.25, 0.3) is 16.8 Å². The van der Waals surface area contributed by atoms with Gasteiger partial charge in [-0.3, -0.25) is 19.8 Å². The van der Waals surface area contributed by atoms with Gasteiger partial charge in [0.25, 0.3) is 0 Å². The second-order valence-electron chi connectivity index (χ2n) is 13.7. The van der Waals surface area contributed by atoms with Gasteiger partial charge in [0.2, 0.25) is 0 Å². The summed E-state index contributed by atoms with van der Waals surface area (Å²) >= 11 is 0. The van der Waals surface area contributed by atoms with Crippen LogP contribution in [0.3, 0.4) is 0 Å². The molecule has 1 unspecified atom stereocenters. The highest BCUT2D eigenvalue weighted by molar-refractivity contribution is 5.95. The van der Waals surface area contributed by atoms with E-state index in [1.165, 1.54) is 18.3 Å². The lowest BCUT2D eigenvalue weighted by Crippen LogP contribution is -2.30. The molecule has 3 aromatic heterocycles. The van der Waals surface area contributed by atoms with Gasteiger partial charge >= 0.3 is 6.01 Å². The van der Waals surface area contributed by atoms with Crippen molar-refractivity contribution >= 4 is 17.6 Å². The van der Waals surface area contributed by atoms with Crippen LogP contribution in [0.4, 0.5) is 0 Å². The molecule has 0 amide bonds. The molecule has 0 spiro atoms. The minimum atomic E-state index is -0.422. The molecule has 2 aliphatic rings. The summed E-state index contributed by atoms with van der Waals surface area (Å²) in [5.41, 5.74) is 6.48. The normalized spacial score (nSPS) is 18.5. The number of nitrogens with zero attached hydrogens (tertiary/aromatic N) is 7. The highest BCUT2D eigenvalue weighted by Crippen LogP contribution is 2.40. The number of hydrogen-bond donors (Lipinski definition) is 0. The predicted molar refractivity (Wildman–Crippen MR) is 185 cm³/mol. The highest BCUT2D eigenvalue weighted by atomic mass is 16.5. The average Bonchev–Trinajstić information content (AvgIpc) is 3.54. The van der Waals surface area contributed by atoms with Crippen LogP contribution in [0, 0.1) is 11.8 Å². The highest BCUT2D eigenvalue weighted by Gasteiger charge is 2.35. The smallest absolute Gasteiger partial charge is 0.316 e. The number of carbonyl (C=O) groups excluding carboxylic acids is 1. The molecule has 10 nitrogen and oxygen atoms in total. The van der Waals surface area contributed by atoms with Crippen LogP contribution >= 0.6 is 0 Å². The molecule has 4 heterocycles. The molecule has 1 aliphatic heterocycles. The Morgan fingerprint density at radius 1 is 0.917 bits per heavy atom. The minimum absolute atomic E-state index is 0.00491. The first kappa shape index (κ1) is 33.1. The molecule has 0 saturated heterocycles. The Balaban J connectivity index is 1.18. The maximum Gasteiger partial charge on any atom is 0.316 e. The topological polar surface area (TPSA) is 125 Å². The van der Waals surface area contributed by atoms with Gasteiger partial charge in [-0.15, -0.1) is 0 Å². The van der Waals surface area contributed by atoms with Gasteiger partial charge in [-0.05, 0) is 67.6 Å². The number of allylic oxidation sites excluding steroid dienone is 1. The summed E-state index contributed by atoms with van der Waals surface area (Å²) in [5.74, 6) is 1.69. The number of para-hydroxylation sites is 1. The maximum atomic E-state index is 13.9. The van der Waals surface area contributed by atoms with E-state index in [1.807, 2.05) is 42.7 Å². The number of rotatable bonds is 11. The zero-order valence-corrected chi connectivity index (χ0v) is 28.4. The molecule has 1 aliphatic carbocycles. The Morgan fingerprint density at radius 3 is 2.29 bits per heavy atom. The Kier molecular flexibility index (Phi) is 9.98. The van der Waals surface area contributed by atoms with Crippen molar-refractivity contribution in [3.8, 4) is 23.0 Å². The molecule has 1 atom stereocenters. The molecule has 0 bridgehead atoms. The molecule has 10 heteroatoms. The first-order valence-corrected chi connectivity index (χ1v) is 16.6. The number of ketones is 1. The third kappa shape index (κ3) is 7.64. The van der Waals surface area contributed by atoms with Gasteiger partial charge in [-0.2, -0.15) is 0 Å². The molecular formula is C38H43N7O3. The molecule has 48 heavy (non-hydrogen) atoms. The molecule has 0 radical (unpaired) electrons. The van der Waals surface area contributed by atoms with Gasteiger partial charge in [0, 0.05) is 54.1 Å². The Bertz CT molecular complexity index is 1770. The van der Waals surface area contributed by atoms with E-state index >= 15 is 0 Å². The quantitative estimate of drug-likeness (QED) is 0.176. The lowest BCUT2D eigenvalue weighted by Gasteiger charge is -2.33. The second kappa shape index (κ2) is 14.5. The van der Waals surface area contributed by atoms with Crippen molar-refractivity contribution in [1.82, 2.24) is 29.9 Å². The van der Waals surface area contributed by atoms with Crippen LogP contribution in [-0.2, 0) is 16.6 Å². The number of ether oxygens (including phenoxy) is 2. The molecule has 1 aromatic carbocycles. The van der Waals surface area contributed by atoms with E-state index in [0.717, 1.165) is 54.7 Å². The van der Waals surface area contributed by atoms with E-state index in [1.54, 1.807) is 24.8 Å². The molecule has 1 saturated carbocycles. The van der Waals surface area contributed by atoms with Crippen molar-refractivity contribution in [3.63, 3.8) is 0 Å². The number of methoxy groups -OCH3 is 1. The number of aromatic nitrogens is 6. The SMILES string of the molecule is COc1ncc(-c2cnc(C(C(=O)COc3ccccc3)C3CCC(Cc4ncc(C(C)(C)C)c(C5=C(C)C=NC5)n4)CC3)cn2)cn1. The second-order valence-corrected chi connectivity index (χ2v) is 13.7. The largest absolute Gasteiger partial charge is 0.486 e. The van der Waals surface area contributed by atoms with Crippen LogP contribution in [0.5, 0.6) is 11.8 Å². The number of aliphatic imine (C=N–C) groups is 1.